The second-order valence-corrected chi connectivity index (χ2v) is 6.72. The van der Waals surface area contributed by atoms with Gasteiger partial charge in [-0.25, -0.2) is 0 Å². The highest BCUT2D eigenvalue weighted by Gasteiger charge is 2.25. The Bertz CT molecular complexity index is 959. The van der Waals surface area contributed by atoms with E-state index in [1.165, 1.54) is 0 Å². The van der Waals surface area contributed by atoms with Crippen molar-refractivity contribution < 1.29 is 14.3 Å². The van der Waals surface area contributed by atoms with E-state index in [1.807, 2.05) is 78.9 Å². The summed E-state index contributed by atoms with van der Waals surface area (Å²) in [4.78, 5) is 14.7. The van der Waals surface area contributed by atoms with E-state index in [1.54, 1.807) is 11.9 Å². The van der Waals surface area contributed by atoms with Crippen LogP contribution in [0.3, 0.4) is 0 Å². The number of nitrogens with one attached hydrogen (secondary N) is 1. The lowest BCUT2D eigenvalue weighted by molar-refractivity contribution is 0.0521. The normalized spacial score (nSPS) is 15.0. The fourth-order valence-electron chi connectivity index (χ4n) is 3.20. The maximum atomic E-state index is 13.1. The number of carbonyl (C=O) groups is 1. The predicted octanol–water partition coefficient (Wildman–Crippen LogP) is 4.34. The van der Waals surface area contributed by atoms with Gasteiger partial charge in [0.15, 0.2) is 17.6 Å². The molecule has 3 aromatic rings. The van der Waals surface area contributed by atoms with E-state index in [-0.39, 0.29) is 12.0 Å². The van der Waals surface area contributed by atoms with Gasteiger partial charge in [-0.15, -0.1) is 0 Å². The summed E-state index contributed by atoms with van der Waals surface area (Å²) in [7, 11) is 1.78. The summed E-state index contributed by atoms with van der Waals surface area (Å²) in [5.41, 5.74) is 2.33. The molecule has 28 heavy (non-hydrogen) atoms. The molecule has 0 fully saturated rings. The van der Waals surface area contributed by atoms with E-state index in [0.29, 0.717) is 24.5 Å². The molecule has 1 aliphatic rings. The summed E-state index contributed by atoms with van der Waals surface area (Å²) in [5.74, 6) is 1.39. The Balaban J connectivity index is 1.46. The van der Waals surface area contributed by atoms with Crippen LogP contribution in [-0.2, 0) is 0 Å². The molecule has 5 heteroatoms. The molecule has 5 nitrogen and oxygen atoms in total. The molecule has 0 saturated heterocycles. The maximum Gasteiger partial charge on any atom is 0.255 e. The van der Waals surface area contributed by atoms with Crippen LogP contribution in [0.1, 0.15) is 10.4 Å². The Morgan fingerprint density at radius 2 is 1.64 bits per heavy atom. The molecule has 1 heterocycles. The zero-order chi connectivity index (χ0) is 19.3. The Labute approximate surface area is 164 Å². The van der Waals surface area contributed by atoms with Gasteiger partial charge in [0.1, 0.15) is 6.61 Å². The van der Waals surface area contributed by atoms with Crippen LogP contribution in [-0.4, -0.2) is 37.1 Å². The van der Waals surface area contributed by atoms with Crippen molar-refractivity contribution in [2.24, 2.45) is 0 Å². The molecular formula is C23H22N2O3. The number of ether oxygens (including phenoxy) is 2. The number of hydrogen-bond donors (Lipinski definition) is 1. The Kier molecular flexibility index (Phi) is 5.15. The highest BCUT2D eigenvalue weighted by atomic mass is 16.6. The minimum absolute atomic E-state index is 0.0681. The van der Waals surface area contributed by atoms with Gasteiger partial charge in [0.25, 0.3) is 5.91 Å². The van der Waals surface area contributed by atoms with E-state index in [2.05, 4.69) is 5.32 Å². The fraction of sp³-hybridized carbons (Fsp3) is 0.174. The predicted molar refractivity (Wildman–Crippen MR) is 109 cm³/mol. The number of amides is 1. The smallest absolute Gasteiger partial charge is 0.255 e. The molecule has 0 aromatic heterocycles. The number of likely N-dealkylation sites (N-methyl/N-ethyl adjacent to an activating group) is 1. The van der Waals surface area contributed by atoms with Crippen molar-refractivity contribution in [2.75, 3.05) is 25.5 Å². The lowest BCUT2D eigenvalue weighted by Gasteiger charge is -2.30. The molecule has 1 atom stereocenters. The molecule has 1 amide bonds. The highest BCUT2D eigenvalue weighted by Crippen LogP contribution is 2.31. The summed E-state index contributed by atoms with van der Waals surface area (Å²) < 4.78 is 11.7. The Morgan fingerprint density at radius 3 is 2.46 bits per heavy atom. The van der Waals surface area contributed by atoms with Crippen molar-refractivity contribution in [1.82, 2.24) is 4.90 Å². The first-order chi connectivity index (χ1) is 13.7. The first-order valence-corrected chi connectivity index (χ1v) is 9.26. The van der Waals surface area contributed by atoms with E-state index in [4.69, 9.17) is 9.47 Å². The summed E-state index contributed by atoms with van der Waals surface area (Å²) in [6, 6.07) is 24.9. The minimum Gasteiger partial charge on any atom is -0.486 e. The average Bonchev–Trinajstić information content (AvgIpc) is 2.74. The van der Waals surface area contributed by atoms with E-state index < -0.39 is 0 Å². The van der Waals surface area contributed by atoms with Gasteiger partial charge in [0.05, 0.1) is 17.8 Å². The van der Waals surface area contributed by atoms with Gasteiger partial charge < -0.3 is 19.7 Å². The summed E-state index contributed by atoms with van der Waals surface area (Å²) >= 11 is 0. The molecule has 0 radical (unpaired) electrons. The molecule has 3 aromatic carbocycles. The summed E-state index contributed by atoms with van der Waals surface area (Å²) in [6.07, 6.45) is -0.210. The lowest BCUT2D eigenvalue weighted by atomic mass is 10.1. The fourth-order valence-corrected chi connectivity index (χ4v) is 3.20. The summed E-state index contributed by atoms with van der Waals surface area (Å²) in [6.45, 7) is 0.853. The standard InChI is InChI=1S/C23H22N2O3/c1-25(15-18-16-27-21-13-7-8-14-22(21)28-18)23(26)19-11-5-6-12-20(19)24-17-9-3-2-4-10-17/h2-14,18,24H,15-16H2,1H3. The number of nitrogens with zero attached hydrogens (tertiary/aromatic N) is 1. The average molecular weight is 374 g/mol. The molecule has 142 valence electrons. The van der Waals surface area contributed by atoms with Crippen molar-refractivity contribution >= 4 is 17.3 Å². The zero-order valence-corrected chi connectivity index (χ0v) is 15.7. The first kappa shape index (κ1) is 17.9. The molecule has 0 spiro atoms. The molecule has 0 bridgehead atoms. The largest absolute Gasteiger partial charge is 0.486 e. The Hall–Kier alpha value is -3.47. The van der Waals surface area contributed by atoms with Crippen LogP contribution in [0.15, 0.2) is 78.9 Å². The van der Waals surface area contributed by atoms with Crippen molar-refractivity contribution in [3.05, 3.63) is 84.4 Å². The van der Waals surface area contributed by atoms with Crippen LogP contribution < -0.4 is 14.8 Å². The zero-order valence-electron chi connectivity index (χ0n) is 15.7. The molecule has 1 N–H and O–H groups in total. The molecule has 0 saturated carbocycles. The number of benzene rings is 3. The van der Waals surface area contributed by atoms with E-state index >= 15 is 0 Å². The van der Waals surface area contributed by atoms with Crippen LogP contribution in [0, 0.1) is 0 Å². The van der Waals surface area contributed by atoms with Crippen LogP contribution in [0.2, 0.25) is 0 Å². The molecule has 0 aliphatic carbocycles. The number of rotatable bonds is 5. The number of carbonyl (C=O) groups excluding carboxylic acids is 1. The highest BCUT2D eigenvalue weighted by molar-refractivity contribution is 6.00. The number of anilines is 2. The molecule has 1 aliphatic heterocycles. The van der Waals surface area contributed by atoms with Gasteiger partial charge in [-0.3, -0.25) is 4.79 Å². The monoisotopic (exact) mass is 374 g/mol. The quantitative estimate of drug-likeness (QED) is 0.722. The second-order valence-electron chi connectivity index (χ2n) is 6.72. The number of para-hydroxylation sites is 4. The van der Waals surface area contributed by atoms with Crippen molar-refractivity contribution in [3.63, 3.8) is 0 Å². The minimum atomic E-state index is -0.210. The lowest BCUT2D eigenvalue weighted by Crippen LogP contribution is -2.41. The van der Waals surface area contributed by atoms with Crippen LogP contribution in [0.5, 0.6) is 11.5 Å². The first-order valence-electron chi connectivity index (χ1n) is 9.26. The van der Waals surface area contributed by atoms with Crippen molar-refractivity contribution in [2.45, 2.75) is 6.10 Å². The van der Waals surface area contributed by atoms with Gasteiger partial charge in [-0.1, -0.05) is 42.5 Å². The van der Waals surface area contributed by atoms with Gasteiger partial charge in [0, 0.05) is 12.7 Å². The third kappa shape index (κ3) is 3.93. The Morgan fingerprint density at radius 1 is 0.964 bits per heavy atom. The van der Waals surface area contributed by atoms with Crippen LogP contribution in [0.4, 0.5) is 11.4 Å². The number of hydrogen-bond acceptors (Lipinski definition) is 4. The molecule has 1 unspecified atom stereocenters. The summed E-state index contributed by atoms with van der Waals surface area (Å²) in [5, 5.41) is 3.32. The van der Waals surface area contributed by atoms with E-state index in [9.17, 15) is 4.79 Å². The van der Waals surface area contributed by atoms with Gasteiger partial charge >= 0.3 is 0 Å². The third-order valence-electron chi connectivity index (χ3n) is 4.60. The third-order valence-corrected chi connectivity index (χ3v) is 4.60. The van der Waals surface area contributed by atoms with E-state index in [0.717, 1.165) is 17.1 Å². The SMILES string of the molecule is CN(CC1COc2ccccc2O1)C(=O)c1ccccc1Nc1ccccc1. The second kappa shape index (κ2) is 8.05. The van der Waals surface area contributed by atoms with Crippen LogP contribution in [0.25, 0.3) is 0 Å². The van der Waals surface area contributed by atoms with Crippen LogP contribution >= 0.6 is 0 Å². The maximum absolute atomic E-state index is 13.1. The van der Waals surface area contributed by atoms with Gasteiger partial charge in [-0.05, 0) is 36.4 Å². The van der Waals surface area contributed by atoms with Gasteiger partial charge in [0.2, 0.25) is 0 Å². The van der Waals surface area contributed by atoms with Crippen molar-refractivity contribution in [1.29, 1.82) is 0 Å². The molecular weight excluding hydrogens is 352 g/mol. The topological polar surface area (TPSA) is 50.8 Å². The number of fused-ring (bicyclic) bond motifs is 1. The van der Waals surface area contributed by atoms with Gasteiger partial charge in [-0.2, -0.15) is 0 Å². The molecule has 4 rings (SSSR count). The van der Waals surface area contributed by atoms with Crippen molar-refractivity contribution in [3.8, 4) is 11.5 Å².